The topological polar surface area (TPSA) is 74.8 Å². The van der Waals surface area contributed by atoms with Gasteiger partial charge in [0, 0.05) is 36.0 Å². The van der Waals surface area contributed by atoms with Crippen LogP contribution in [0.15, 0.2) is 53.7 Å². The van der Waals surface area contributed by atoms with E-state index >= 15 is 0 Å². The Morgan fingerprint density at radius 3 is 2.78 bits per heavy atom. The van der Waals surface area contributed by atoms with Gasteiger partial charge >= 0.3 is 0 Å². The highest BCUT2D eigenvalue weighted by Gasteiger charge is 2.13. The van der Waals surface area contributed by atoms with Crippen molar-refractivity contribution < 1.29 is 9.18 Å². The zero-order chi connectivity index (χ0) is 16.2. The second kappa shape index (κ2) is 6.39. The molecule has 5 nitrogen and oxygen atoms in total. The van der Waals surface area contributed by atoms with Gasteiger partial charge in [0.05, 0.1) is 0 Å². The number of H-pyrrole nitrogens is 1. The summed E-state index contributed by atoms with van der Waals surface area (Å²) in [7, 11) is 0. The zero-order valence-electron chi connectivity index (χ0n) is 12.2. The molecular weight excluding hydrogens is 297 g/mol. The summed E-state index contributed by atoms with van der Waals surface area (Å²) in [4.78, 5) is 31.2. The average Bonchev–Trinajstić information content (AvgIpc) is 2.56. The van der Waals surface area contributed by atoms with Gasteiger partial charge in [0.15, 0.2) is 0 Å². The lowest BCUT2D eigenvalue weighted by molar-refractivity contribution is 0.0953. The smallest absolute Gasteiger partial charge is 0.256 e. The van der Waals surface area contributed by atoms with Crippen molar-refractivity contribution in [2.45, 2.75) is 6.42 Å². The fourth-order valence-corrected chi connectivity index (χ4v) is 2.32. The summed E-state index contributed by atoms with van der Waals surface area (Å²) in [5, 5.41) is 2.85. The molecule has 0 radical (unpaired) electrons. The van der Waals surface area contributed by atoms with Gasteiger partial charge in [-0.3, -0.25) is 14.6 Å². The third-order valence-electron chi connectivity index (χ3n) is 3.54. The van der Waals surface area contributed by atoms with Crippen molar-refractivity contribution in [2.24, 2.45) is 0 Å². The number of pyridine rings is 2. The minimum Gasteiger partial charge on any atom is -0.360 e. The van der Waals surface area contributed by atoms with Gasteiger partial charge in [-0.05, 0) is 42.3 Å². The SMILES string of the molecule is O=C(NCCc1ccncc1)c1c[nH]c2ccc(F)cc2c1=O. The molecule has 0 aliphatic heterocycles. The molecule has 0 saturated heterocycles. The Kier molecular flexibility index (Phi) is 4.14. The van der Waals surface area contributed by atoms with E-state index in [1.807, 2.05) is 12.1 Å². The molecule has 2 aromatic heterocycles. The molecule has 3 rings (SSSR count). The molecule has 0 aliphatic rings. The molecule has 2 N–H and O–H groups in total. The van der Waals surface area contributed by atoms with Gasteiger partial charge in [-0.15, -0.1) is 0 Å². The van der Waals surface area contributed by atoms with E-state index in [-0.39, 0.29) is 10.9 Å². The van der Waals surface area contributed by atoms with E-state index in [0.29, 0.717) is 18.5 Å². The maximum Gasteiger partial charge on any atom is 0.256 e. The summed E-state index contributed by atoms with van der Waals surface area (Å²) in [6.07, 6.45) is 5.35. The van der Waals surface area contributed by atoms with Crippen LogP contribution in [0.4, 0.5) is 4.39 Å². The van der Waals surface area contributed by atoms with Crippen molar-refractivity contribution in [1.82, 2.24) is 15.3 Å². The summed E-state index contributed by atoms with van der Waals surface area (Å²) >= 11 is 0. The number of amides is 1. The monoisotopic (exact) mass is 311 g/mol. The van der Waals surface area contributed by atoms with Crippen molar-refractivity contribution in [3.8, 4) is 0 Å². The van der Waals surface area contributed by atoms with E-state index < -0.39 is 17.2 Å². The van der Waals surface area contributed by atoms with Gasteiger partial charge in [-0.25, -0.2) is 4.39 Å². The van der Waals surface area contributed by atoms with Crippen LogP contribution in [0.3, 0.4) is 0 Å². The van der Waals surface area contributed by atoms with E-state index in [0.717, 1.165) is 11.6 Å². The van der Waals surface area contributed by atoms with E-state index in [4.69, 9.17) is 0 Å². The van der Waals surface area contributed by atoms with Gasteiger partial charge in [0.1, 0.15) is 11.4 Å². The summed E-state index contributed by atoms with van der Waals surface area (Å²) in [6, 6.07) is 7.57. The van der Waals surface area contributed by atoms with Crippen LogP contribution < -0.4 is 10.7 Å². The molecule has 0 spiro atoms. The van der Waals surface area contributed by atoms with E-state index in [9.17, 15) is 14.0 Å². The number of hydrogen-bond acceptors (Lipinski definition) is 3. The Morgan fingerprint density at radius 2 is 2.00 bits per heavy atom. The van der Waals surface area contributed by atoms with Crippen LogP contribution in [0, 0.1) is 5.82 Å². The van der Waals surface area contributed by atoms with Crippen molar-refractivity contribution >= 4 is 16.8 Å². The number of fused-ring (bicyclic) bond motifs is 1. The number of hydrogen-bond donors (Lipinski definition) is 2. The highest BCUT2D eigenvalue weighted by Crippen LogP contribution is 2.10. The number of carbonyl (C=O) groups is 1. The maximum atomic E-state index is 13.3. The minimum absolute atomic E-state index is 0.0298. The molecule has 1 amide bonds. The van der Waals surface area contributed by atoms with Crippen molar-refractivity contribution in [2.75, 3.05) is 6.54 Å². The fourth-order valence-electron chi connectivity index (χ4n) is 2.32. The maximum absolute atomic E-state index is 13.3. The molecule has 23 heavy (non-hydrogen) atoms. The molecule has 0 fully saturated rings. The molecule has 116 valence electrons. The average molecular weight is 311 g/mol. The molecule has 0 atom stereocenters. The van der Waals surface area contributed by atoms with Crippen LogP contribution in [0.5, 0.6) is 0 Å². The molecule has 1 aromatic carbocycles. The number of aromatic amines is 1. The van der Waals surface area contributed by atoms with Crippen molar-refractivity contribution in [3.05, 3.63) is 76.1 Å². The van der Waals surface area contributed by atoms with Crippen LogP contribution >= 0.6 is 0 Å². The minimum atomic E-state index is -0.516. The quantitative estimate of drug-likeness (QED) is 0.774. The largest absolute Gasteiger partial charge is 0.360 e. The number of halogens is 1. The second-order valence-corrected chi connectivity index (χ2v) is 5.08. The first kappa shape index (κ1) is 14.9. The number of benzene rings is 1. The number of nitrogens with one attached hydrogen (secondary N) is 2. The Morgan fingerprint density at radius 1 is 1.22 bits per heavy atom. The molecular formula is C17H14FN3O2. The Labute approximate surface area is 131 Å². The summed E-state index contributed by atoms with van der Waals surface area (Å²) in [6.45, 7) is 0.392. The zero-order valence-corrected chi connectivity index (χ0v) is 12.2. The third-order valence-corrected chi connectivity index (χ3v) is 3.54. The molecule has 2 heterocycles. The lowest BCUT2D eigenvalue weighted by Gasteiger charge is -2.06. The standard InChI is InChI=1S/C17H14FN3O2/c18-12-1-2-15-13(9-12)16(22)14(10-21-15)17(23)20-8-5-11-3-6-19-7-4-11/h1-4,6-7,9-10H,5,8H2,(H,20,23)(H,21,22). The highest BCUT2D eigenvalue weighted by molar-refractivity contribution is 5.97. The molecule has 0 aliphatic carbocycles. The first-order chi connectivity index (χ1) is 11.1. The number of carbonyl (C=O) groups excluding carboxylic acids is 1. The normalized spacial score (nSPS) is 10.7. The van der Waals surface area contributed by atoms with Crippen molar-refractivity contribution in [3.63, 3.8) is 0 Å². The second-order valence-electron chi connectivity index (χ2n) is 5.08. The summed E-state index contributed by atoms with van der Waals surface area (Å²) in [5.41, 5.74) is 1.01. The first-order valence-electron chi connectivity index (χ1n) is 7.13. The molecule has 0 saturated carbocycles. The third kappa shape index (κ3) is 3.26. The molecule has 6 heteroatoms. The van der Waals surface area contributed by atoms with Crippen LogP contribution in [0.1, 0.15) is 15.9 Å². The van der Waals surface area contributed by atoms with Crippen LogP contribution in [-0.4, -0.2) is 22.4 Å². The van der Waals surface area contributed by atoms with Crippen LogP contribution in [-0.2, 0) is 6.42 Å². The number of nitrogens with zero attached hydrogens (tertiary/aromatic N) is 1. The van der Waals surface area contributed by atoms with Crippen LogP contribution in [0.25, 0.3) is 10.9 Å². The van der Waals surface area contributed by atoms with Gasteiger partial charge in [0.25, 0.3) is 5.91 Å². The van der Waals surface area contributed by atoms with Gasteiger partial charge in [-0.2, -0.15) is 0 Å². The lowest BCUT2D eigenvalue weighted by atomic mass is 10.1. The van der Waals surface area contributed by atoms with Crippen LogP contribution in [0.2, 0.25) is 0 Å². The summed E-state index contributed by atoms with van der Waals surface area (Å²) < 4.78 is 13.3. The Bertz CT molecular complexity index is 907. The molecule has 0 bridgehead atoms. The fraction of sp³-hybridized carbons (Fsp3) is 0.118. The molecule has 0 unspecified atom stereocenters. The predicted molar refractivity (Wildman–Crippen MR) is 84.8 cm³/mol. The first-order valence-corrected chi connectivity index (χ1v) is 7.13. The lowest BCUT2D eigenvalue weighted by Crippen LogP contribution is -2.30. The van der Waals surface area contributed by atoms with Gasteiger partial charge < -0.3 is 10.3 Å². The Balaban J connectivity index is 1.76. The van der Waals surface area contributed by atoms with E-state index in [1.54, 1.807) is 12.4 Å². The van der Waals surface area contributed by atoms with E-state index in [1.165, 1.54) is 18.3 Å². The summed E-state index contributed by atoms with van der Waals surface area (Å²) in [5.74, 6) is -0.996. The van der Waals surface area contributed by atoms with Gasteiger partial charge in [-0.1, -0.05) is 0 Å². The predicted octanol–water partition coefficient (Wildman–Crippen LogP) is 2.03. The van der Waals surface area contributed by atoms with Crippen molar-refractivity contribution in [1.29, 1.82) is 0 Å². The number of aromatic nitrogens is 2. The molecule has 3 aromatic rings. The van der Waals surface area contributed by atoms with E-state index in [2.05, 4.69) is 15.3 Å². The number of rotatable bonds is 4. The highest BCUT2D eigenvalue weighted by atomic mass is 19.1. The van der Waals surface area contributed by atoms with Gasteiger partial charge in [0.2, 0.25) is 5.43 Å². The Hall–Kier alpha value is -3.02.